The molecule has 2 nitrogen and oxygen atoms in total. The zero-order chi connectivity index (χ0) is 15.1. The lowest BCUT2D eigenvalue weighted by atomic mass is 9.76. The van der Waals surface area contributed by atoms with E-state index in [-0.39, 0.29) is 0 Å². The summed E-state index contributed by atoms with van der Waals surface area (Å²) >= 11 is 6.28. The predicted molar refractivity (Wildman–Crippen MR) is 91.2 cm³/mol. The highest BCUT2D eigenvalue weighted by molar-refractivity contribution is 6.31. The summed E-state index contributed by atoms with van der Waals surface area (Å²) in [6.45, 7) is 2.28. The lowest BCUT2D eigenvalue weighted by Gasteiger charge is -2.34. The van der Waals surface area contributed by atoms with Crippen LogP contribution in [0.3, 0.4) is 0 Å². The van der Waals surface area contributed by atoms with E-state index in [1.807, 2.05) is 12.1 Å². The summed E-state index contributed by atoms with van der Waals surface area (Å²) in [7, 11) is 0. The van der Waals surface area contributed by atoms with Crippen molar-refractivity contribution in [2.75, 3.05) is 0 Å². The molecule has 0 saturated heterocycles. The molecule has 0 spiro atoms. The number of nitrogens with one attached hydrogen (secondary N) is 1. The van der Waals surface area contributed by atoms with Crippen molar-refractivity contribution in [1.82, 2.24) is 5.43 Å². The first-order valence-corrected chi connectivity index (χ1v) is 8.82. The van der Waals surface area contributed by atoms with E-state index in [9.17, 15) is 0 Å². The van der Waals surface area contributed by atoms with Gasteiger partial charge in [0, 0.05) is 11.1 Å². The van der Waals surface area contributed by atoms with E-state index in [0.717, 1.165) is 17.4 Å². The summed E-state index contributed by atoms with van der Waals surface area (Å²) in [5.74, 6) is 7.45. The van der Waals surface area contributed by atoms with Crippen LogP contribution in [-0.2, 0) is 6.42 Å². The van der Waals surface area contributed by atoms with Gasteiger partial charge in [-0.05, 0) is 42.7 Å². The summed E-state index contributed by atoms with van der Waals surface area (Å²) in [4.78, 5) is 0. The molecule has 1 aromatic rings. The molecular weight excluding hydrogens is 280 g/mol. The Kier molecular flexibility index (Phi) is 7.01. The van der Waals surface area contributed by atoms with E-state index in [1.165, 1.54) is 50.5 Å². The molecule has 0 amide bonds. The first-order valence-electron chi connectivity index (χ1n) is 8.44. The third kappa shape index (κ3) is 4.98. The highest BCUT2D eigenvalue weighted by Gasteiger charge is 2.27. The third-order valence-electron chi connectivity index (χ3n) is 5.04. The number of hydrogen-bond acceptors (Lipinski definition) is 2. The number of hydrogen-bond donors (Lipinski definition) is 2. The molecule has 0 heterocycles. The topological polar surface area (TPSA) is 38.0 Å². The van der Waals surface area contributed by atoms with Crippen LogP contribution in [0.5, 0.6) is 0 Å². The van der Waals surface area contributed by atoms with Crippen molar-refractivity contribution in [1.29, 1.82) is 0 Å². The van der Waals surface area contributed by atoms with E-state index in [2.05, 4.69) is 24.5 Å². The zero-order valence-electron chi connectivity index (χ0n) is 13.2. The standard InChI is InChI=1S/C18H29ClN2/c1-2-3-6-14-9-11-15(12-10-14)18(21-20)13-16-7-4-5-8-17(16)19/h4-5,7-8,14-15,18,21H,2-3,6,9-13,20H2,1H3. The van der Waals surface area contributed by atoms with Crippen molar-refractivity contribution >= 4 is 11.6 Å². The van der Waals surface area contributed by atoms with E-state index >= 15 is 0 Å². The minimum absolute atomic E-state index is 0.344. The van der Waals surface area contributed by atoms with Gasteiger partial charge in [0.05, 0.1) is 0 Å². The molecule has 3 N–H and O–H groups in total. The van der Waals surface area contributed by atoms with Gasteiger partial charge in [-0.25, -0.2) is 0 Å². The van der Waals surface area contributed by atoms with Gasteiger partial charge in [0.2, 0.25) is 0 Å². The fourth-order valence-electron chi connectivity index (χ4n) is 3.63. The molecule has 2 rings (SSSR count). The Morgan fingerprint density at radius 1 is 1.24 bits per heavy atom. The smallest absolute Gasteiger partial charge is 0.0438 e. The Balaban J connectivity index is 1.86. The monoisotopic (exact) mass is 308 g/mol. The molecule has 1 unspecified atom stereocenters. The van der Waals surface area contributed by atoms with Gasteiger partial charge in [-0.1, -0.05) is 68.8 Å². The summed E-state index contributed by atoms with van der Waals surface area (Å²) in [6, 6.07) is 8.45. The average molecular weight is 309 g/mol. The van der Waals surface area contributed by atoms with Crippen LogP contribution in [0, 0.1) is 11.8 Å². The lowest BCUT2D eigenvalue weighted by molar-refractivity contribution is 0.211. The summed E-state index contributed by atoms with van der Waals surface area (Å²) in [5, 5.41) is 0.856. The van der Waals surface area contributed by atoms with Gasteiger partial charge < -0.3 is 0 Å². The van der Waals surface area contributed by atoms with Gasteiger partial charge >= 0.3 is 0 Å². The fraction of sp³-hybridized carbons (Fsp3) is 0.667. The van der Waals surface area contributed by atoms with Gasteiger partial charge in [0.1, 0.15) is 0 Å². The van der Waals surface area contributed by atoms with Gasteiger partial charge in [-0.15, -0.1) is 0 Å². The molecule has 0 aromatic heterocycles. The number of halogens is 1. The fourth-order valence-corrected chi connectivity index (χ4v) is 3.85. The van der Waals surface area contributed by atoms with Gasteiger partial charge in [0.25, 0.3) is 0 Å². The number of unbranched alkanes of at least 4 members (excludes halogenated alkanes) is 1. The SMILES string of the molecule is CCCCC1CCC(C(Cc2ccccc2Cl)NN)CC1. The number of rotatable bonds is 7. The van der Waals surface area contributed by atoms with Crippen LogP contribution >= 0.6 is 11.6 Å². The van der Waals surface area contributed by atoms with Crippen molar-refractivity contribution in [2.24, 2.45) is 17.7 Å². The Morgan fingerprint density at radius 2 is 1.95 bits per heavy atom. The maximum atomic E-state index is 6.28. The van der Waals surface area contributed by atoms with E-state index in [4.69, 9.17) is 17.4 Å². The first kappa shape index (κ1) is 16.8. The molecule has 1 aromatic carbocycles. The molecule has 1 saturated carbocycles. The Labute approximate surface area is 134 Å². The molecule has 0 radical (unpaired) electrons. The van der Waals surface area contributed by atoms with Gasteiger partial charge in [-0.3, -0.25) is 11.3 Å². The van der Waals surface area contributed by atoms with Gasteiger partial charge in [0.15, 0.2) is 0 Å². The number of benzene rings is 1. The highest BCUT2D eigenvalue weighted by atomic mass is 35.5. The maximum absolute atomic E-state index is 6.28. The first-order chi connectivity index (χ1) is 10.2. The van der Waals surface area contributed by atoms with Crippen molar-refractivity contribution < 1.29 is 0 Å². The highest BCUT2D eigenvalue weighted by Crippen LogP contribution is 2.34. The molecule has 1 atom stereocenters. The van der Waals surface area contributed by atoms with Crippen molar-refractivity contribution in [3.8, 4) is 0 Å². The number of hydrazine groups is 1. The molecule has 1 aliphatic carbocycles. The van der Waals surface area contributed by atoms with Gasteiger partial charge in [-0.2, -0.15) is 0 Å². The Bertz CT molecular complexity index is 413. The molecule has 1 fully saturated rings. The van der Waals surface area contributed by atoms with Crippen LogP contribution in [0.4, 0.5) is 0 Å². The molecular formula is C18H29ClN2. The van der Waals surface area contributed by atoms with Crippen LogP contribution in [0.2, 0.25) is 5.02 Å². The second-order valence-electron chi connectivity index (χ2n) is 6.49. The van der Waals surface area contributed by atoms with Crippen LogP contribution < -0.4 is 11.3 Å². The average Bonchev–Trinajstić information content (AvgIpc) is 2.53. The molecule has 118 valence electrons. The van der Waals surface area contributed by atoms with Crippen LogP contribution in [-0.4, -0.2) is 6.04 Å². The van der Waals surface area contributed by atoms with E-state index < -0.39 is 0 Å². The number of nitrogens with two attached hydrogens (primary N) is 1. The predicted octanol–water partition coefficient (Wildman–Crippen LogP) is 4.71. The normalized spacial score (nSPS) is 24.0. The second kappa shape index (κ2) is 8.77. The van der Waals surface area contributed by atoms with Crippen molar-refractivity contribution in [3.63, 3.8) is 0 Å². The van der Waals surface area contributed by atoms with Crippen molar-refractivity contribution in [3.05, 3.63) is 34.9 Å². The van der Waals surface area contributed by atoms with Crippen LogP contribution in [0.25, 0.3) is 0 Å². The van der Waals surface area contributed by atoms with Crippen LogP contribution in [0.15, 0.2) is 24.3 Å². The molecule has 21 heavy (non-hydrogen) atoms. The largest absolute Gasteiger partial charge is 0.271 e. The maximum Gasteiger partial charge on any atom is 0.0438 e. The van der Waals surface area contributed by atoms with Crippen LogP contribution in [0.1, 0.15) is 57.4 Å². The lowest BCUT2D eigenvalue weighted by Crippen LogP contribution is -2.43. The summed E-state index contributed by atoms with van der Waals surface area (Å²) in [5.41, 5.74) is 4.25. The molecule has 1 aliphatic rings. The quantitative estimate of drug-likeness (QED) is 0.565. The Hall–Kier alpha value is -0.570. The second-order valence-corrected chi connectivity index (χ2v) is 6.90. The molecule has 0 aliphatic heterocycles. The Morgan fingerprint density at radius 3 is 2.57 bits per heavy atom. The zero-order valence-corrected chi connectivity index (χ0v) is 13.9. The molecule has 3 heteroatoms. The summed E-state index contributed by atoms with van der Waals surface area (Å²) in [6.07, 6.45) is 10.4. The minimum atomic E-state index is 0.344. The van der Waals surface area contributed by atoms with E-state index in [0.29, 0.717) is 12.0 Å². The van der Waals surface area contributed by atoms with E-state index in [1.54, 1.807) is 0 Å². The summed E-state index contributed by atoms with van der Waals surface area (Å²) < 4.78 is 0. The molecule has 0 bridgehead atoms. The minimum Gasteiger partial charge on any atom is -0.271 e. The third-order valence-corrected chi connectivity index (χ3v) is 5.41. The van der Waals surface area contributed by atoms with Crippen molar-refractivity contribution in [2.45, 2.75) is 64.3 Å².